The zero-order chi connectivity index (χ0) is 8.27. The maximum atomic E-state index is 4.32. The highest BCUT2D eigenvalue weighted by molar-refractivity contribution is 5.28. The molecule has 0 bridgehead atoms. The van der Waals surface area contributed by atoms with Gasteiger partial charge in [-0.1, -0.05) is 0 Å². The molecule has 0 aromatic carbocycles. The van der Waals surface area contributed by atoms with Gasteiger partial charge in [0.1, 0.15) is 0 Å². The van der Waals surface area contributed by atoms with Gasteiger partial charge in [-0.15, -0.1) is 0 Å². The van der Waals surface area contributed by atoms with Crippen molar-refractivity contribution < 1.29 is 0 Å². The zero-order valence-electron chi connectivity index (χ0n) is 7.39. The van der Waals surface area contributed by atoms with Crippen molar-refractivity contribution in [2.45, 2.75) is 27.3 Å². The number of rotatable bonds is 3. The van der Waals surface area contributed by atoms with E-state index < -0.39 is 0 Å². The van der Waals surface area contributed by atoms with Gasteiger partial charge in [0.2, 0.25) is 5.95 Å². The normalized spacial score (nSPS) is 10.1. The van der Waals surface area contributed by atoms with Gasteiger partial charge in [-0.2, -0.15) is 0 Å². The van der Waals surface area contributed by atoms with Crippen LogP contribution in [0.5, 0.6) is 0 Å². The zero-order valence-corrected chi connectivity index (χ0v) is 7.39. The van der Waals surface area contributed by atoms with Crippen LogP contribution in [0.4, 0.5) is 5.95 Å². The van der Waals surface area contributed by atoms with E-state index in [0.717, 1.165) is 24.7 Å². The average molecular weight is 153 g/mol. The molecule has 0 atom stereocenters. The van der Waals surface area contributed by atoms with E-state index >= 15 is 0 Å². The quantitative estimate of drug-likeness (QED) is 0.715. The number of hydrogen-bond donors (Lipinski definition) is 1. The predicted octanol–water partition coefficient (Wildman–Crippen LogP) is 1.64. The summed E-state index contributed by atoms with van der Waals surface area (Å²) < 4.78 is 2.11. The van der Waals surface area contributed by atoms with E-state index in [0.29, 0.717) is 0 Å². The van der Waals surface area contributed by atoms with Crippen molar-refractivity contribution in [3.8, 4) is 0 Å². The van der Waals surface area contributed by atoms with E-state index in [1.54, 1.807) is 0 Å². The van der Waals surface area contributed by atoms with Crippen LogP contribution in [0.2, 0.25) is 0 Å². The van der Waals surface area contributed by atoms with Crippen LogP contribution in [-0.4, -0.2) is 16.1 Å². The number of nitrogens with one attached hydrogen (secondary N) is 1. The van der Waals surface area contributed by atoms with E-state index in [1.165, 1.54) is 0 Å². The Labute approximate surface area is 67.4 Å². The largest absolute Gasteiger partial charge is 0.356 e. The van der Waals surface area contributed by atoms with Crippen molar-refractivity contribution in [1.29, 1.82) is 0 Å². The molecule has 0 saturated carbocycles. The summed E-state index contributed by atoms with van der Waals surface area (Å²) in [4.78, 5) is 4.32. The fourth-order valence-electron chi connectivity index (χ4n) is 1.09. The minimum absolute atomic E-state index is 0.927. The third kappa shape index (κ3) is 1.73. The summed E-state index contributed by atoms with van der Waals surface area (Å²) >= 11 is 0. The van der Waals surface area contributed by atoms with Crippen LogP contribution in [0.15, 0.2) is 6.20 Å². The molecule has 0 aliphatic heterocycles. The molecule has 1 aromatic rings. The molecule has 0 amide bonds. The van der Waals surface area contributed by atoms with Gasteiger partial charge in [0.25, 0.3) is 0 Å². The highest BCUT2D eigenvalue weighted by atomic mass is 15.2. The molecule has 0 aliphatic carbocycles. The highest BCUT2D eigenvalue weighted by Crippen LogP contribution is 2.06. The van der Waals surface area contributed by atoms with Crippen LogP contribution >= 0.6 is 0 Å². The third-order valence-corrected chi connectivity index (χ3v) is 1.57. The molecule has 1 heterocycles. The molecule has 3 heteroatoms. The summed E-state index contributed by atoms with van der Waals surface area (Å²) in [5, 5.41) is 3.20. The lowest BCUT2D eigenvalue weighted by Gasteiger charge is -2.03. The van der Waals surface area contributed by atoms with Crippen LogP contribution in [-0.2, 0) is 6.54 Å². The van der Waals surface area contributed by atoms with Gasteiger partial charge in [0, 0.05) is 19.3 Å². The third-order valence-electron chi connectivity index (χ3n) is 1.57. The molecule has 11 heavy (non-hydrogen) atoms. The minimum Gasteiger partial charge on any atom is -0.356 e. The molecular weight excluding hydrogens is 138 g/mol. The topological polar surface area (TPSA) is 29.9 Å². The smallest absolute Gasteiger partial charge is 0.203 e. The lowest BCUT2D eigenvalue weighted by molar-refractivity contribution is 0.765. The molecular formula is C8H15N3. The van der Waals surface area contributed by atoms with Gasteiger partial charge >= 0.3 is 0 Å². The second kappa shape index (κ2) is 3.42. The Hall–Kier alpha value is -0.990. The van der Waals surface area contributed by atoms with E-state index in [-0.39, 0.29) is 0 Å². The van der Waals surface area contributed by atoms with Crippen molar-refractivity contribution in [3.63, 3.8) is 0 Å². The fraction of sp³-hybridized carbons (Fsp3) is 0.625. The average Bonchev–Trinajstić information content (AvgIpc) is 2.32. The molecule has 1 N–H and O–H groups in total. The van der Waals surface area contributed by atoms with Crippen LogP contribution < -0.4 is 5.32 Å². The first kappa shape index (κ1) is 8.11. The van der Waals surface area contributed by atoms with Crippen molar-refractivity contribution in [1.82, 2.24) is 9.55 Å². The summed E-state index contributed by atoms with van der Waals surface area (Å²) in [5.74, 6) is 0.979. The van der Waals surface area contributed by atoms with Gasteiger partial charge in [-0.25, -0.2) is 4.98 Å². The second-order valence-electron chi connectivity index (χ2n) is 2.52. The number of imidazole rings is 1. The lowest BCUT2D eigenvalue weighted by Crippen LogP contribution is -2.04. The van der Waals surface area contributed by atoms with Crippen molar-refractivity contribution in [2.75, 3.05) is 11.9 Å². The van der Waals surface area contributed by atoms with Crippen LogP contribution in [0, 0.1) is 6.92 Å². The molecule has 0 fully saturated rings. The maximum absolute atomic E-state index is 4.32. The maximum Gasteiger partial charge on any atom is 0.203 e. The van der Waals surface area contributed by atoms with E-state index in [9.17, 15) is 0 Å². The molecule has 0 radical (unpaired) electrons. The van der Waals surface area contributed by atoms with Crippen LogP contribution in [0.25, 0.3) is 0 Å². The Morgan fingerprint density at radius 3 is 2.82 bits per heavy atom. The van der Waals surface area contributed by atoms with Crippen LogP contribution in [0.3, 0.4) is 0 Å². The standard InChI is InChI=1S/C8H15N3/c1-4-9-8-10-7(3)6-11(8)5-2/h6H,4-5H2,1-3H3,(H,9,10). The number of nitrogens with zero attached hydrogens (tertiary/aromatic N) is 2. The fourth-order valence-corrected chi connectivity index (χ4v) is 1.09. The summed E-state index contributed by atoms with van der Waals surface area (Å²) in [7, 11) is 0. The molecule has 3 nitrogen and oxygen atoms in total. The molecule has 0 spiro atoms. The van der Waals surface area contributed by atoms with E-state index in [1.807, 2.05) is 6.92 Å². The predicted molar refractivity (Wildman–Crippen MR) is 46.8 cm³/mol. The van der Waals surface area contributed by atoms with Crippen molar-refractivity contribution in [3.05, 3.63) is 11.9 Å². The Balaban J connectivity index is 2.83. The van der Waals surface area contributed by atoms with Crippen molar-refractivity contribution >= 4 is 5.95 Å². The van der Waals surface area contributed by atoms with Gasteiger partial charge in [0.05, 0.1) is 5.69 Å². The summed E-state index contributed by atoms with van der Waals surface area (Å²) in [5.41, 5.74) is 1.07. The molecule has 0 unspecified atom stereocenters. The number of aryl methyl sites for hydroxylation is 2. The Kier molecular flexibility index (Phi) is 2.52. The summed E-state index contributed by atoms with van der Waals surface area (Å²) in [6.07, 6.45) is 2.05. The Morgan fingerprint density at radius 1 is 1.55 bits per heavy atom. The molecule has 1 aromatic heterocycles. The lowest BCUT2D eigenvalue weighted by atomic mass is 10.6. The van der Waals surface area contributed by atoms with Crippen LogP contribution in [0.1, 0.15) is 19.5 Å². The highest BCUT2D eigenvalue weighted by Gasteiger charge is 2.00. The number of aromatic nitrogens is 2. The van der Waals surface area contributed by atoms with Crippen molar-refractivity contribution in [2.24, 2.45) is 0 Å². The van der Waals surface area contributed by atoms with Gasteiger partial charge in [-0.3, -0.25) is 0 Å². The Morgan fingerprint density at radius 2 is 2.27 bits per heavy atom. The summed E-state index contributed by atoms with van der Waals surface area (Å²) in [6, 6.07) is 0. The number of anilines is 1. The first-order valence-corrected chi connectivity index (χ1v) is 4.05. The molecule has 1 rings (SSSR count). The molecule has 62 valence electrons. The number of hydrogen-bond acceptors (Lipinski definition) is 2. The van der Waals surface area contributed by atoms with Gasteiger partial charge < -0.3 is 9.88 Å². The Bertz CT molecular complexity index is 227. The first-order valence-electron chi connectivity index (χ1n) is 4.05. The first-order chi connectivity index (χ1) is 5.27. The monoisotopic (exact) mass is 153 g/mol. The van der Waals surface area contributed by atoms with Gasteiger partial charge in [-0.05, 0) is 20.8 Å². The molecule has 0 saturated heterocycles. The van der Waals surface area contributed by atoms with Gasteiger partial charge in [0.15, 0.2) is 0 Å². The van der Waals surface area contributed by atoms with E-state index in [4.69, 9.17) is 0 Å². The molecule has 0 aliphatic rings. The summed E-state index contributed by atoms with van der Waals surface area (Å²) in [6.45, 7) is 8.10. The second-order valence-corrected chi connectivity index (χ2v) is 2.52. The SMILES string of the molecule is CCNc1nc(C)cn1CC. The minimum atomic E-state index is 0.927. The van der Waals surface area contributed by atoms with E-state index in [2.05, 4.69) is 34.9 Å².